The number of aldehydes is 1. The number of amides is 1. The van der Waals surface area contributed by atoms with E-state index in [2.05, 4.69) is 25.8 Å². The Hall–Kier alpha value is -3.39. The van der Waals surface area contributed by atoms with Crippen molar-refractivity contribution in [3.05, 3.63) is 59.2 Å². The average molecular weight is 582 g/mol. The maximum absolute atomic E-state index is 12.9. The first-order chi connectivity index (χ1) is 20.1. The predicted octanol–water partition coefficient (Wildman–Crippen LogP) is 5.92. The number of aromatic carboxylic acids is 1. The molecule has 42 heavy (non-hydrogen) atoms. The van der Waals surface area contributed by atoms with Gasteiger partial charge in [0.2, 0.25) is 5.91 Å². The molecule has 8 heteroatoms. The lowest BCUT2D eigenvalue weighted by Gasteiger charge is -2.30. The fourth-order valence-electron chi connectivity index (χ4n) is 5.14. The van der Waals surface area contributed by atoms with E-state index in [1.54, 1.807) is 31.1 Å². The van der Waals surface area contributed by atoms with Gasteiger partial charge < -0.3 is 29.3 Å². The molecule has 1 amide bonds. The van der Waals surface area contributed by atoms with Gasteiger partial charge in [0.05, 0.1) is 12.1 Å². The minimum atomic E-state index is -0.963. The number of hydrogen-bond acceptors (Lipinski definition) is 6. The minimum Gasteiger partial charge on any atom is -0.490 e. The highest BCUT2D eigenvalue weighted by atomic mass is 16.5. The number of nitrogens with zero attached hydrogens (tertiary/aromatic N) is 3. The normalized spacial score (nSPS) is 14.3. The summed E-state index contributed by atoms with van der Waals surface area (Å²) in [6.07, 6.45) is 8.44. The number of unbranched alkanes of at least 4 members (excludes halogenated alkanes) is 1. The number of ether oxygens (including phenoxy) is 1. The number of benzene rings is 2. The summed E-state index contributed by atoms with van der Waals surface area (Å²) >= 11 is 0. The molecule has 232 valence electrons. The molecule has 1 N–H and O–H groups in total. The van der Waals surface area contributed by atoms with Crippen LogP contribution in [0.4, 0.5) is 5.69 Å². The van der Waals surface area contributed by atoms with Crippen LogP contribution < -0.4 is 9.64 Å². The third kappa shape index (κ3) is 11.5. The van der Waals surface area contributed by atoms with E-state index in [9.17, 15) is 14.7 Å². The zero-order chi connectivity index (χ0) is 31.1. The standard InChI is InChI=1S/C32H47N3O4.C2H4O/c1-6-8-9-24(7-2)20-26-12-13-27(32(37)38)21-30(26)35(23-31(36)33(3)4)22-25-10-14-28(15-11-25)39-29-16-18-34(5)19-17-29;1-2-3/h10-15,21,24,29H,6-9,16-20,22-23H2,1-5H3,(H,37,38);2H,1H3. The molecule has 0 radical (unpaired) electrons. The van der Waals surface area contributed by atoms with Crippen molar-refractivity contribution in [3.8, 4) is 5.75 Å². The quantitative estimate of drug-likeness (QED) is 0.277. The number of piperidine rings is 1. The molecule has 0 aromatic heterocycles. The van der Waals surface area contributed by atoms with Gasteiger partial charge in [0.25, 0.3) is 0 Å². The van der Waals surface area contributed by atoms with E-state index >= 15 is 0 Å². The fraction of sp³-hybridized carbons (Fsp3) is 0.559. The molecule has 1 heterocycles. The van der Waals surface area contributed by atoms with E-state index in [0.717, 1.165) is 80.5 Å². The summed E-state index contributed by atoms with van der Waals surface area (Å²) in [4.78, 5) is 39.6. The van der Waals surface area contributed by atoms with E-state index in [1.165, 1.54) is 13.3 Å². The zero-order valence-electron chi connectivity index (χ0n) is 26.5. The lowest BCUT2D eigenvalue weighted by molar-refractivity contribution is -0.127. The molecule has 1 aliphatic rings. The number of carbonyl (C=O) groups is 3. The smallest absolute Gasteiger partial charge is 0.335 e. The van der Waals surface area contributed by atoms with Crippen molar-refractivity contribution in [1.29, 1.82) is 0 Å². The molecule has 1 aliphatic heterocycles. The van der Waals surface area contributed by atoms with Crippen molar-refractivity contribution in [2.45, 2.75) is 78.4 Å². The van der Waals surface area contributed by atoms with Gasteiger partial charge in [-0.25, -0.2) is 4.79 Å². The molecular weight excluding hydrogens is 530 g/mol. The number of carbonyl (C=O) groups excluding carboxylic acids is 2. The summed E-state index contributed by atoms with van der Waals surface area (Å²) in [5.74, 6) is 0.387. The molecule has 0 aliphatic carbocycles. The average Bonchev–Trinajstić information content (AvgIpc) is 2.97. The van der Waals surface area contributed by atoms with Gasteiger partial charge >= 0.3 is 5.97 Å². The van der Waals surface area contributed by atoms with Gasteiger partial charge in [-0.2, -0.15) is 0 Å². The second-order valence-corrected chi connectivity index (χ2v) is 11.4. The number of hydrogen-bond donors (Lipinski definition) is 1. The van der Waals surface area contributed by atoms with E-state index < -0.39 is 5.97 Å². The van der Waals surface area contributed by atoms with Gasteiger partial charge in [-0.15, -0.1) is 0 Å². The minimum absolute atomic E-state index is 0.0260. The van der Waals surface area contributed by atoms with Crippen molar-refractivity contribution in [2.75, 3.05) is 45.7 Å². The van der Waals surface area contributed by atoms with Crippen molar-refractivity contribution in [3.63, 3.8) is 0 Å². The molecule has 8 nitrogen and oxygen atoms in total. The van der Waals surface area contributed by atoms with Gasteiger partial charge in [-0.05, 0) is 74.5 Å². The Morgan fingerprint density at radius 3 is 2.29 bits per heavy atom. The van der Waals surface area contributed by atoms with Crippen LogP contribution in [-0.4, -0.2) is 80.0 Å². The number of rotatable bonds is 14. The van der Waals surface area contributed by atoms with Crippen molar-refractivity contribution in [2.24, 2.45) is 5.92 Å². The van der Waals surface area contributed by atoms with Crippen LogP contribution in [-0.2, 0) is 22.6 Å². The number of likely N-dealkylation sites (tertiary alicyclic amines) is 1. The summed E-state index contributed by atoms with van der Waals surface area (Å²) in [7, 11) is 5.65. The van der Waals surface area contributed by atoms with Crippen molar-refractivity contribution >= 4 is 23.9 Å². The lowest BCUT2D eigenvalue weighted by Crippen LogP contribution is -2.37. The van der Waals surface area contributed by atoms with Crippen LogP contribution in [0.15, 0.2) is 42.5 Å². The summed E-state index contributed by atoms with van der Waals surface area (Å²) in [6, 6.07) is 13.5. The van der Waals surface area contributed by atoms with Gasteiger partial charge in [0, 0.05) is 39.4 Å². The van der Waals surface area contributed by atoms with Gasteiger partial charge in [0.15, 0.2) is 0 Å². The zero-order valence-corrected chi connectivity index (χ0v) is 26.5. The van der Waals surface area contributed by atoms with Crippen LogP contribution in [0.1, 0.15) is 80.8 Å². The Morgan fingerprint density at radius 2 is 1.74 bits per heavy atom. The first-order valence-electron chi connectivity index (χ1n) is 15.3. The molecule has 1 unspecified atom stereocenters. The summed E-state index contributed by atoms with van der Waals surface area (Å²) in [6.45, 7) is 8.63. The molecule has 1 saturated heterocycles. The summed E-state index contributed by atoms with van der Waals surface area (Å²) in [5.41, 5.74) is 3.20. The molecule has 0 spiro atoms. The van der Waals surface area contributed by atoms with Crippen LogP contribution in [0.2, 0.25) is 0 Å². The van der Waals surface area contributed by atoms with Crippen LogP contribution in [0.5, 0.6) is 5.75 Å². The molecule has 1 fully saturated rings. The second kappa shape index (κ2) is 18.2. The highest BCUT2D eigenvalue weighted by molar-refractivity contribution is 5.90. The Bertz CT molecular complexity index is 1110. The van der Waals surface area contributed by atoms with Crippen molar-refractivity contribution < 1.29 is 24.2 Å². The lowest BCUT2D eigenvalue weighted by atomic mass is 9.90. The first-order valence-corrected chi connectivity index (χ1v) is 15.3. The summed E-state index contributed by atoms with van der Waals surface area (Å²) in [5, 5.41) is 9.76. The molecule has 2 aromatic carbocycles. The van der Waals surface area contributed by atoms with Crippen LogP contribution in [0, 0.1) is 5.92 Å². The third-order valence-electron chi connectivity index (χ3n) is 7.81. The Morgan fingerprint density at radius 1 is 1.10 bits per heavy atom. The van der Waals surface area contributed by atoms with Gasteiger partial charge in [-0.3, -0.25) is 4.79 Å². The molecule has 3 rings (SSSR count). The van der Waals surface area contributed by atoms with E-state index in [1.807, 2.05) is 35.2 Å². The molecule has 0 saturated carbocycles. The first kappa shape index (κ1) is 34.8. The Labute approximate surface area is 252 Å². The number of carboxylic acid groups (broad SMARTS) is 1. The SMILES string of the molecule is CC=O.CCCCC(CC)Cc1ccc(C(=O)O)cc1N(CC(=O)N(C)C)Cc1ccc(OC2CCN(C)CC2)cc1. The largest absolute Gasteiger partial charge is 0.490 e. The predicted molar refractivity (Wildman–Crippen MR) is 169 cm³/mol. The Kier molecular flexibility index (Phi) is 15.1. The topological polar surface area (TPSA) is 90.4 Å². The molecular formula is C34H51N3O5. The molecule has 1 atom stereocenters. The summed E-state index contributed by atoms with van der Waals surface area (Å²) < 4.78 is 6.23. The number of carboxylic acids is 1. The number of anilines is 1. The molecule has 2 aromatic rings. The number of likely N-dealkylation sites (N-methyl/N-ethyl adjacent to an activating group) is 1. The maximum atomic E-state index is 12.9. The van der Waals surface area contributed by atoms with Gasteiger partial charge in [0.1, 0.15) is 18.1 Å². The van der Waals surface area contributed by atoms with E-state index in [4.69, 9.17) is 9.53 Å². The van der Waals surface area contributed by atoms with Gasteiger partial charge in [-0.1, -0.05) is 57.7 Å². The van der Waals surface area contributed by atoms with Crippen LogP contribution >= 0.6 is 0 Å². The monoisotopic (exact) mass is 581 g/mol. The third-order valence-corrected chi connectivity index (χ3v) is 7.81. The highest BCUT2D eigenvalue weighted by Crippen LogP contribution is 2.30. The van der Waals surface area contributed by atoms with E-state index in [-0.39, 0.29) is 24.1 Å². The second-order valence-electron chi connectivity index (χ2n) is 11.4. The Balaban J connectivity index is 0.00000197. The fourth-order valence-corrected chi connectivity index (χ4v) is 5.14. The van der Waals surface area contributed by atoms with Crippen LogP contribution in [0.25, 0.3) is 0 Å². The van der Waals surface area contributed by atoms with Crippen molar-refractivity contribution in [1.82, 2.24) is 9.80 Å². The van der Waals surface area contributed by atoms with Crippen LogP contribution in [0.3, 0.4) is 0 Å². The maximum Gasteiger partial charge on any atom is 0.335 e. The molecule has 0 bridgehead atoms. The highest BCUT2D eigenvalue weighted by Gasteiger charge is 2.21. The van der Waals surface area contributed by atoms with E-state index in [0.29, 0.717) is 12.5 Å².